The summed E-state index contributed by atoms with van der Waals surface area (Å²) >= 11 is 0. The minimum absolute atomic E-state index is 0.480. The zero-order valence-electron chi connectivity index (χ0n) is 13.8. The number of hydrogen-bond donors (Lipinski definition) is 1. The van der Waals surface area contributed by atoms with Crippen molar-refractivity contribution in [1.82, 2.24) is 15.1 Å². The van der Waals surface area contributed by atoms with Crippen LogP contribution in [0.5, 0.6) is 0 Å². The summed E-state index contributed by atoms with van der Waals surface area (Å²) in [7, 11) is 0. The topological polar surface area (TPSA) is 18.5 Å². The summed E-state index contributed by atoms with van der Waals surface area (Å²) in [6.07, 6.45) is 12.8. The number of fused-ring (bicyclic) bond motifs is 1. The van der Waals surface area contributed by atoms with Crippen LogP contribution in [0.3, 0.4) is 0 Å². The summed E-state index contributed by atoms with van der Waals surface area (Å²) in [4.78, 5) is 5.78. The zero-order chi connectivity index (χ0) is 14.3. The first-order chi connectivity index (χ1) is 10.3. The predicted molar refractivity (Wildman–Crippen MR) is 87.6 cm³/mol. The van der Waals surface area contributed by atoms with E-state index in [9.17, 15) is 0 Å². The molecule has 1 aliphatic carbocycles. The normalized spacial score (nSPS) is 40.7. The summed E-state index contributed by atoms with van der Waals surface area (Å²) < 4.78 is 0. The fraction of sp³-hybridized carbons (Fsp3) is 1.00. The van der Waals surface area contributed by atoms with Gasteiger partial charge in [0.25, 0.3) is 0 Å². The molecule has 0 aromatic heterocycles. The van der Waals surface area contributed by atoms with Crippen LogP contribution >= 0.6 is 0 Å². The molecule has 21 heavy (non-hydrogen) atoms. The van der Waals surface area contributed by atoms with Crippen molar-refractivity contribution in [2.45, 2.75) is 88.4 Å². The molecule has 1 spiro atoms. The maximum Gasteiger partial charge on any atom is 0.0309 e. The highest BCUT2D eigenvalue weighted by Gasteiger charge is 2.47. The highest BCUT2D eigenvalue weighted by atomic mass is 15.3. The van der Waals surface area contributed by atoms with E-state index in [0.717, 1.165) is 18.1 Å². The molecule has 0 aromatic rings. The van der Waals surface area contributed by atoms with Crippen molar-refractivity contribution >= 4 is 0 Å². The van der Waals surface area contributed by atoms with Gasteiger partial charge >= 0.3 is 0 Å². The maximum absolute atomic E-state index is 3.97. The highest BCUT2D eigenvalue weighted by Crippen LogP contribution is 2.38. The Balaban J connectivity index is 1.52. The summed E-state index contributed by atoms with van der Waals surface area (Å²) in [6.45, 7) is 7.69. The first-order valence-corrected chi connectivity index (χ1v) is 9.56. The van der Waals surface area contributed by atoms with Crippen molar-refractivity contribution in [3.05, 3.63) is 0 Å². The van der Waals surface area contributed by atoms with Gasteiger partial charge in [-0.1, -0.05) is 26.2 Å². The van der Waals surface area contributed by atoms with Crippen LogP contribution in [0.15, 0.2) is 0 Å². The third kappa shape index (κ3) is 2.55. The molecule has 3 heterocycles. The molecule has 3 nitrogen and oxygen atoms in total. The van der Waals surface area contributed by atoms with Crippen LogP contribution in [0, 0.1) is 0 Å². The summed E-state index contributed by atoms with van der Waals surface area (Å²) in [5.74, 6) is 0. The van der Waals surface area contributed by atoms with Crippen LogP contribution in [-0.2, 0) is 0 Å². The second-order valence-electron chi connectivity index (χ2n) is 8.06. The summed E-state index contributed by atoms with van der Waals surface area (Å²) in [5, 5.41) is 3.97. The molecule has 1 saturated carbocycles. The van der Waals surface area contributed by atoms with Gasteiger partial charge in [-0.2, -0.15) is 0 Å². The Morgan fingerprint density at radius 3 is 2.67 bits per heavy atom. The smallest absolute Gasteiger partial charge is 0.0309 e. The Bertz CT molecular complexity index is 363. The van der Waals surface area contributed by atoms with Gasteiger partial charge < -0.3 is 5.32 Å². The lowest BCUT2D eigenvalue weighted by Gasteiger charge is -2.50. The van der Waals surface area contributed by atoms with E-state index >= 15 is 0 Å². The number of rotatable bonds is 2. The Kier molecular flexibility index (Phi) is 4.01. The molecular weight excluding hydrogens is 258 g/mol. The molecule has 0 bridgehead atoms. The zero-order valence-corrected chi connectivity index (χ0v) is 13.8. The van der Waals surface area contributed by atoms with Crippen molar-refractivity contribution in [2.75, 3.05) is 26.2 Å². The molecule has 3 saturated heterocycles. The van der Waals surface area contributed by atoms with Crippen LogP contribution in [0.1, 0.15) is 64.7 Å². The standard InChI is InChI=1S/C18H33N3/c1-2-15-13-19-18(9-4-5-10-18)14-21(15)17-8-12-20-11-6-3-7-16(17)20/h15-17,19H,2-14H2,1H3. The maximum atomic E-state index is 3.97. The van der Waals surface area contributed by atoms with Crippen LogP contribution in [0.4, 0.5) is 0 Å². The molecule has 120 valence electrons. The Morgan fingerprint density at radius 1 is 1.00 bits per heavy atom. The van der Waals surface area contributed by atoms with Crippen molar-refractivity contribution in [3.8, 4) is 0 Å². The lowest BCUT2D eigenvalue weighted by molar-refractivity contribution is 0.0193. The van der Waals surface area contributed by atoms with Crippen molar-refractivity contribution in [1.29, 1.82) is 0 Å². The third-order valence-electron chi connectivity index (χ3n) is 6.95. The van der Waals surface area contributed by atoms with Crippen LogP contribution < -0.4 is 5.32 Å². The van der Waals surface area contributed by atoms with Gasteiger partial charge in [0.05, 0.1) is 0 Å². The summed E-state index contributed by atoms with van der Waals surface area (Å²) in [6, 6.07) is 2.52. The minimum Gasteiger partial charge on any atom is -0.308 e. The molecular formula is C18H33N3. The van der Waals surface area contributed by atoms with E-state index in [1.807, 2.05) is 0 Å². The SMILES string of the molecule is CCC1CNC2(CCCC2)CN1C1CCN2CCCCC12. The molecule has 3 heteroatoms. The molecule has 3 aliphatic heterocycles. The van der Waals surface area contributed by atoms with Crippen LogP contribution in [0.25, 0.3) is 0 Å². The molecule has 1 N–H and O–H groups in total. The van der Waals surface area contributed by atoms with E-state index in [1.165, 1.54) is 84.0 Å². The predicted octanol–water partition coefficient (Wildman–Crippen LogP) is 2.61. The van der Waals surface area contributed by atoms with Crippen molar-refractivity contribution < 1.29 is 0 Å². The number of hydrogen-bond acceptors (Lipinski definition) is 3. The molecule has 3 atom stereocenters. The highest BCUT2D eigenvalue weighted by molar-refractivity contribution is 5.05. The van der Waals surface area contributed by atoms with Gasteiger partial charge in [0, 0.05) is 43.3 Å². The lowest BCUT2D eigenvalue weighted by atomic mass is 9.88. The molecule has 4 aliphatic rings. The van der Waals surface area contributed by atoms with Gasteiger partial charge in [-0.15, -0.1) is 0 Å². The number of piperazine rings is 1. The number of piperidine rings is 1. The van der Waals surface area contributed by atoms with E-state index < -0.39 is 0 Å². The Labute approximate surface area is 130 Å². The average Bonchev–Trinajstić information content (AvgIpc) is 3.14. The first kappa shape index (κ1) is 14.5. The third-order valence-corrected chi connectivity index (χ3v) is 6.95. The van der Waals surface area contributed by atoms with Crippen molar-refractivity contribution in [3.63, 3.8) is 0 Å². The Morgan fingerprint density at radius 2 is 1.86 bits per heavy atom. The van der Waals surface area contributed by atoms with E-state index in [2.05, 4.69) is 22.0 Å². The molecule has 0 radical (unpaired) electrons. The van der Waals surface area contributed by atoms with E-state index in [0.29, 0.717) is 5.54 Å². The van der Waals surface area contributed by atoms with Gasteiger partial charge in [0.1, 0.15) is 0 Å². The van der Waals surface area contributed by atoms with E-state index in [4.69, 9.17) is 0 Å². The second-order valence-corrected chi connectivity index (χ2v) is 8.06. The quantitative estimate of drug-likeness (QED) is 0.844. The van der Waals surface area contributed by atoms with E-state index in [1.54, 1.807) is 0 Å². The molecule has 0 amide bonds. The summed E-state index contributed by atoms with van der Waals surface area (Å²) in [5.41, 5.74) is 0.480. The van der Waals surface area contributed by atoms with Gasteiger partial charge in [-0.05, 0) is 45.1 Å². The van der Waals surface area contributed by atoms with Gasteiger partial charge in [0.15, 0.2) is 0 Å². The molecule has 0 aromatic carbocycles. The van der Waals surface area contributed by atoms with Gasteiger partial charge in [-0.3, -0.25) is 9.80 Å². The minimum atomic E-state index is 0.480. The molecule has 4 rings (SSSR count). The Hall–Kier alpha value is -0.120. The molecule has 4 fully saturated rings. The fourth-order valence-corrected chi connectivity index (χ4v) is 5.75. The number of nitrogens with one attached hydrogen (secondary N) is 1. The fourth-order valence-electron chi connectivity index (χ4n) is 5.75. The van der Waals surface area contributed by atoms with Crippen LogP contribution in [0.2, 0.25) is 0 Å². The monoisotopic (exact) mass is 291 g/mol. The number of nitrogens with zero attached hydrogens (tertiary/aromatic N) is 2. The van der Waals surface area contributed by atoms with E-state index in [-0.39, 0.29) is 0 Å². The molecule has 3 unspecified atom stereocenters. The average molecular weight is 291 g/mol. The lowest BCUT2D eigenvalue weighted by Crippen LogP contribution is -2.66. The van der Waals surface area contributed by atoms with Gasteiger partial charge in [-0.25, -0.2) is 0 Å². The first-order valence-electron chi connectivity index (χ1n) is 9.56. The largest absolute Gasteiger partial charge is 0.308 e. The van der Waals surface area contributed by atoms with Gasteiger partial charge in [0.2, 0.25) is 0 Å². The second kappa shape index (κ2) is 5.82. The van der Waals surface area contributed by atoms with Crippen LogP contribution in [-0.4, -0.2) is 59.6 Å². The van der Waals surface area contributed by atoms with Crippen molar-refractivity contribution in [2.24, 2.45) is 0 Å².